The highest BCUT2D eigenvalue weighted by molar-refractivity contribution is 5.89. The fourth-order valence-electron chi connectivity index (χ4n) is 4.71. The van der Waals surface area contributed by atoms with Gasteiger partial charge in [0.15, 0.2) is 0 Å². The van der Waals surface area contributed by atoms with E-state index >= 15 is 0 Å². The van der Waals surface area contributed by atoms with Crippen molar-refractivity contribution < 1.29 is 4.79 Å². The van der Waals surface area contributed by atoms with Crippen LogP contribution in [0.4, 0.5) is 0 Å². The number of carbonyl (C=O) groups is 1. The molecule has 25 heavy (non-hydrogen) atoms. The van der Waals surface area contributed by atoms with Crippen molar-refractivity contribution in [2.75, 3.05) is 13.1 Å². The summed E-state index contributed by atoms with van der Waals surface area (Å²) in [7, 11) is 0. The zero-order valence-electron chi connectivity index (χ0n) is 15.6. The lowest BCUT2D eigenvalue weighted by atomic mass is 9.92. The summed E-state index contributed by atoms with van der Waals surface area (Å²) in [5, 5.41) is 7.91. The molecule has 4 nitrogen and oxygen atoms in total. The lowest BCUT2D eigenvalue weighted by molar-refractivity contribution is -0.123. The number of benzene rings is 1. The molecule has 1 aromatic carbocycles. The molecule has 4 rings (SSSR count). The van der Waals surface area contributed by atoms with E-state index in [0.717, 1.165) is 38.8 Å². The maximum Gasteiger partial charge on any atom is 0.223 e. The molecule has 1 saturated heterocycles. The van der Waals surface area contributed by atoms with Gasteiger partial charge in [-0.25, -0.2) is 0 Å². The van der Waals surface area contributed by atoms with Gasteiger partial charge in [0, 0.05) is 23.5 Å². The number of aromatic amines is 1. The van der Waals surface area contributed by atoms with Crippen LogP contribution in [-0.2, 0) is 17.8 Å². The molecule has 0 radical (unpaired) electrons. The van der Waals surface area contributed by atoms with E-state index in [1.807, 2.05) is 0 Å². The monoisotopic (exact) mass is 339 g/mol. The van der Waals surface area contributed by atoms with E-state index in [0.29, 0.717) is 12.0 Å². The third-order valence-electron chi connectivity index (χ3n) is 6.41. The Labute approximate surface area is 149 Å². The average Bonchev–Trinajstić information content (AvgIpc) is 3.20. The standard InChI is InChI=1S/C21H29N3O/c1-4-18-14(3)16-10-13(2)9-15(19(16)24-18)12-23-20(25)17-11-21(17)5-7-22-8-6-21/h9-10,17,22,24H,4-8,11-12H2,1-3H3,(H,23,25). The van der Waals surface area contributed by atoms with E-state index in [2.05, 4.69) is 48.5 Å². The summed E-state index contributed by atoms with van der Waals surface area (Å²) in [5.74, 6) is 0.474. The molecule has 0 bridgehead atoms. The molecule has 1 unspecified atom stereocenters. The summed E-state index contributed by atoms with van der Waals surface area (Å²) in [5.41, 5.74) is 6.57. The van der Waals surface area contributed by atoms with E-state index in [1.165, 1.54) is 33.3 Å². The Balaban J connectivity index is 1.50. The molecule has 1 atom stereocenters. The van der Waals surface area contributed by atoms with Crippen molar-refractivity contribution in [2.24, 2.45) is 11.3 Å². The van der Waals surface area contributed by atoms with Gasteiger partial charge >= 0.3 is 0 Å². The number of piperidine rings is 1. The van der Waals surface area contributed by atoms with Gasteiger partial charge in [-0.3, -0.25) is 4.79 Å². The summed E-state index contributed by atoms with van der Waals surface area (Å²) < 4.78 is 0. The van der Waals surface area contributed by atoms with Gasteiger partial charge in [-0.2, -0.15) is 0 Å². The molecule has 1 aromatic heterocycles. The summed E-state index contributed by atoms with van der Waals surface area (Å²) in [6.07, 6.45) is 4.38. The van der Waals surface area contributed by atoms with Crippen LogP contribution in [0, 0.1) is 25.2 Å². The molecule has 4 heteroatoms. The number of hydrogen-bond acceptors (Lipinski definition) is 2. The van der Waals surface area contributed by atoms with Crippen LogP contribution < -0.4 is 10.6 Å². The molecule has 3 N–H and O–H groups in total. The van der Waals surface area contributed by atoms with Crippen LogP contribution in [0.2, 0.25) is 0 Å². The maximum absolute atomic E-state index is 12.7. The molecule has 134 valence electrons. The molecule has 1 spiro atoms. The first-order valence-electron chi connectivity index (χ1n) is 9.63. The lowest BCUT2D eigenvalue weighted by Crippen LogP contribution is -2.33. The van der Waals surface area contributed by atoms with E-state index in [9.17, 15) is 4.79 Å². The zero-order valence-corrected chi connectivity index (χ0v) is 15.6. The van der Waals surface area contributed by atoms with E-state index in [1.54, 1.807) is 0 Å². The fourth-order valence-corrected chi connectivity index (χ4v) is 4.71. The van der Waals surface area contributed by atoms with Gasteiger partial charge in [-0.15, -0.1) is 0 Å². The third-order valence-corrected chi connectivity index (χ3v) is 6.41. The smallest absolute Gasteiger partial charge is 0.223 e. The Bertz CT molecular complexity index is 814. The Hall–Kier alpha value is -1.81. The van der Waals surface area contributed by atoms with Gasteiger partial charge in [0.25, 0.3) is 0 Å². The number of carbonyl (C=O) groups excluding carboxylic acids is 1. The maximum atomic E-state index is 12.7. The van der Waals surface area contributed by atoms with Crippen LogP contribution in [0.15, 0.2) is 12.1 Å². The molecule has 2 aromatic rings. The summed E-state index contributed by atoms with van der Waals surface area (Å²) in [6, 6.07) is 4.45. The molecule has 1 saturated carbocycles. The second-order valence-electron chi connectivity index (χ2n) is 8.02. The molecule has 2 fully saturated rings. The first-order valence-corrected chi connectivity index (χ1v) is 9.63. The minimum Gasteiger partial charge on any atom is -0.358 e. The van der Waals surface area contributed by atoms with Crippen molar-refractivity contribution in [3.63, 3.8) is 0 Å². The molecular formula is C21H29N3O. The minimum atomic E-state index is 0.228. The van der Waals surface area contributed by atoms with E-state index in [4.69, 9.17) is 0 Å². The van der Waals surface area contributed by atoms with Gasteiger partial charge in [0.1, 0.15) is 0 Å². The van der Waals surface area contributed by atoms with Gasteiger partial charge in [-0.1, -0.05) is 18.6 Å². The average molecular weight is 339 g/mol. The third kappa shape index (κ3) is 2.86. The lowest BCUT2D eigenvalue weighted by Gasteiger charge is -2.23. The summed E-state index contributed by atoms with van der Waals surface area (Å²) in [4.78, 5) is 16.2. The SMILES string of the molecule is CCc1[nH]c2c(CNC(=O)C3CC34CCNCC4)cc(C)cc2c1C. The second kappa shape index (κ2) is 6.17. The fraction of sp³-hybridized carbons (Fsp3) is 0.571. The van der Waals surface area contributed by atoms with Crippen LogP contribution in [0.5, 0.6) is 0 Å². The molecule has 1 aliphatic heterocycles. The first kappa shape index (κ1) is 16.6. The largest absolute Gasteiger partial charge is 0.358 e. The van der Waals surface area contributed by atoms with Crippen LogP contribution in [0.3, 0.4) is 0 Å². The van der Waals surface area contributed by atoms with Crippen LogP contribution >= 0.6 is 0 Å². The highest BCUT2D eigenvalue weighted by Gasteiger charge is 2.57. The predicted octanol–water partition coefficient (Wildman–Crippen LogP) is 3.35. The van der Waals surface area contributed by atoms with Crippen molar-refractivity contribution in [1.29, 1.82) is 0 Å². The zero-order chi connectivity index (χ0) is 17.6. The van der Waals surface area contributed by atoms with E-state index in [-0.39, 0.29) is 11.8 Å². The van der Waals surface area contributed by atoms with E-state index < -0.39 is 0 Å². The number of rotatable bonds is 4. The summed E-state index contributed by atoms with van der Waals surface area (Å²) >= 11 is 0. The van der Waals surface area contributed by atoms with Crippen molar-refractivity contribution >= 4 is 16.8 Å². The predicted molar refractivity (Wildman–Crippen MR) is 102 cm³/mol. The normalized spacial score (nSPS) is 21.6. The van der Waals surface area contributed by atoms with Crippen molar-refractivity contribution in [1.82, 2.24) is 15.6 Å². The molecule has 1 amide bonds. The van der Waals surface area contributed by atoms with Gasteiger partial charge in [-0.05, 0) is 75.2 Å². The Kier molecular flexibility index (Phi) is 4.11. The van der Waals surface area contributed by atoms with Gasteiger partial charge in [0.05, 0.1) is 5.52 Å². The number of nitrogens with one attached hydrogen (secondary N) is 3. The van der Waals surface area contributed by atoms with Crippen LogP contribution in [0.25, 0.3) is 10.9 Å². The van der Waals surface area contributed by atoms with Gasteiger partial charge < -0.3 is 15.6 Å². The Morgan fingerprint density at radius 1 is 1.28 bits per heavy atom. The molecule has 2 heterocycles. The highest BCUT2D eigenvalue weighted by Crippen LogP contribution is 2.58. The number of hydrogen-bond donors (Lipinski definition) is 3. The number of aryl methyl sites for hydroxylation is 3. The van der Waals surface area contributed by atoms with Crippen molar-refractivity contribution in [2.45, 2.75) is 53.0 Å². The second-order valence-corrected chi connectivity index (χ2v) is 8.02. The minimum absolute atomic E-state index is 0.228. The number of aromatic nitrogens is 1. The van der Waals surface area contributed by atoms with Crippen molar-refractivity contribution in [3.05, 3.63) is 34.5 Å². The number of H-pyrrole nitrogens is 1. The number of amides is 1. The Morgan fingerprint density at radius 2 is 2.04 bits per heavy atom. The molecular weight excluding hydrogens is 310 g/mol. The quantitative estimate of drug-likeness (QED) is 0.800. The van der Waals surface area contributed by atoms with Gasteiger partial charge in [0.2, 0.25) is 5.91 Å². The molecule has 2 aliphatic rings. The first-order chi connectivity index (χ1) is 12.0. The Morgan fingerprint density at radius 3 is 2.76 bits per heavy atom. The highest BCUT2D eigenvalue weighted by atomic mass is 16.2. The topological polar surface area (TPSA) is 56.9 Å². The number of fused-ring (bicyclic) bond motifs is 1. The van der Waals surface area contributed by atoms with Crippen molar-refractivity contribution in [3.8, 4) is 0 Å². The van der Waals surface area contributed by atoms with Crippen LogP contribution in [0.1, 0.15) is 48.6 Å². The molecule has 1 aliphatic carbocycles. The summed E-state index contributed by atoms with van der Waals surface area (Å²) in [6.45, 7) is 9.23. The van der Waals surface area contributed by atoms with Crippen LogP contribution in [-0.4, -0.2) is 24.0 Å².